The van der Waals surface area contributed by atoms with E-state index in [0.29, 0.717) is 5.92 Å². The Kier molecular flexibility index (Phi) is 7.78. The van der Waals surface area contributed by atoms with Crippen LogP contribution in [0.15, 0.2) is 24.3 Å². The van der Waals surface area contributed by atoms with E-state index in [1.807, 2.05) is 6.07 Å². The minimum Gasteiger partial charge on any atom is -0.310 e. The van der Waals surface area contributed by atoms with E-state index in [9.17, 15) is 4.39 Å². The summed E-state index contributed by atoms with van der Waals surface area (Å²) < 4.78 is 13.4. The molecule has 2 nitrogen and oxygen atoms in total. The summed E-state index contributed by atoms with van der Waals surface area (Å²) >= 11 is 0. The first-order chi connectivity index (χ1) is 9.52. The summed E-state index contributed by atoms with van der Waals surface area (Å²) in [6, 6.07) is 7.20. The van der Waals surface area contributed by atoms with Crippen LogP contribution in [0.3, 0.4) is 0 Å². The summed E-state index contributed by atoms with van der Waals surface area (Å²) in [4.78, 5) is 2.35. The third-order valence-electron chi connectivity index (χ3n) is 3.37. The van der Waals surface area contributed by atoms with E-state index in [1.54, 1.807) is 12.1 Å². The zero-order chi connectivity index (χ0) is 15.0. The predicted octanol–water partition coefficient (Wildman–Crippen LogP) is 3.84. The molecule has 0 fully saturated rings. The summed E-state index contributed by atoms with van der Waals surface area (Å²) in [6.07, 6.45) is 2.10. The molecule has 0 aliphatic carbocycles. The Bertz CT molecular complexity index is 379. The lowest BCUT2D eigenvalue weighted by Crippen LogP contribution is -2.29. The highest BCUT2D eigenvalue weighted by Gasteiger charge is 2.12. The van der Waals surface area contributed by atoms with Crippen molar-refractivity contribution in [1.29, 1.82) is 0 Å². The molecule has 0 aliphatic rings. The molecule has 1 aromatic carbocycles. The highest BCUT2D eigenvalue weighted by Crippen LogP contribution is 2.18. The Morgan fingerprint density at radius 1 is 1.30 bits per heavy atom. The van der Waals surface area contributed by atoms with Crippen LogP contribution in [0.5, 0.6) is 0 Å². The van der Waals surface area contributed by atoms with Gasteiger partial charge in [-0.05, 0) is 56.6 Å². The first-order valence-corrected chi connectivity index (χ1v) is 7.70. The van der Waals surface area contributed by atoms with E-state index < -0.39 is 0 Å². The van der Waals surface area contributed by atoms with Crippen LogP contribution in [0.1, 0.15) is 45.2 Å². The van der Waals surface area contributed by atoms with Crippen molar-refractivity contribution in [3.05, 3.63) is 35.6 Å². The third-order valence-corrected chi connectivity index (χ3v) is 3.37. The van der Waals surface area contributed by atoms with Crippen molar-refractivity contribution in [2.75, 3.05) is 26.7 Å². The molecule has 3 heteroatoms. The van der Waals surface area contributed by atoms with Crippen LogP contribution in [-0.2, 0) is 0 Å². The van der Waals surface area contributed by atoms with Gasteiger partial charge in [-0.15, -0.1) is 0 Å². The number of benzene rings is 1. The molecule has 0 amide bonds. The molecule has 1 rings (SSSR count). The van der Waals surface area contributed by atoms with E-state index in [4.69, 9.17) is 0 Å². The van der Waals surface area contributed by atoms with Gasteiger partial charge in [-0.3, -0.25) is 0 Å². The molecule has 0 spiro atoms. The van der Waals surface area contributed by atoms with Crippen molar-refractivity contribution < 1.29 is 4.39 Å². The Balaban J connectivity index is 2.60. The predicted molar refractivity (Wildman–Crippen MR) is 84.4 cm³/mol. The maximum atomic E-state index is 13.4. The Morgan fingerprint density at radius 2 is 2.05 bits per heavy atom. The van der Waals surface area contributed by atoms with Gasteiger partial charge in [0.25, 0.3) is 0 Å². The normalized spacial score (nSPS) is 13.2. The molecular formula is C17H29FN2. The van der Waals surface area contributed by atoms with Gasteiger partial charge in [-0.1, -0.05) is 32.9 Å². The van der Waals surface area contributed by atoms with Crippen LogP contribution in [0, 0.1) is 11.7 Å². The molecule has 1 N–H and O–H groups in total. The maximum Gasteiger partial charge on any atom is 0.123 e. The molecule has 1 atom stereocenters. The number of nitrogens with one attached hydrogen (secondary N) is 1. The van der Waals surface area contributed by atoms with Crippen LogP contribution < -0.4 is 5.32 Å². The summed E-state index contributed by atoms with van der Waals surface area (Å²) in [5.74, 6) is 0.526. The SMILES string of the molecule is CCCNC(CCN(C)CC(C)C)c1cccc(F)c1. The number of halogens is 1. The Morgan fingerprint density at radius 3 is 2.65 bits per heavy atom. The van der Waals surface area contributed by atoms with E-state index in [2.05, 4.69) is 38.0 Å². The fourth-order valence-electron chi connectivity index (χ4n) is 2.49. The van der Waals surface area contributed by atoms with Crippen molar-refractivity contribution in [3.8, 4) is 0 Å². The van der Waals surface area contributed by atoms with Gasteiger partial charge < -0.3 is 10.2 Å². The van der Waals surface area contributed by atoms with E-state index >= 15 is 0 Å². The number of rotatable bonds is 9. The molecule has 0 aromatic heterocycles. The van der Waals surface area contributed by atoms with Crippen molar-refractivity contribution in [2.45, 2.75) is 39.7 Å². The van der Waals surface area contributed by atoms with Crippen LogP contribution in [0.25, 0.3) is 0 Å². The summed E-state index contributed by atoms with van der Waals surface area (Å²) in [5, 5.41) is 3.53. The van der Waals surface area contributed by atoms with Gasteiger partial charge in [0.15, 0.2) is 0 Å². The minimum atomic E-state index is -0.152. The second-order valence-corrected chi connectivity index (χ2v) is 6.01. The van der Waals surface area contributed by atoms with Gasteiger partial charge in [0.2, 0.25) is 0 Å². The maximum absolute atomic E-state index is 13.4. The number of hydrogen-bond acceptors (Lipinski definition) is 2. The zero-order valence-electron chi connectivity index (χ0n) is 13.3. The van der Waals surface area contributed by atoms with Gasteiger partial charge in [-0.25, -0.2) is 4.39 Å². The van der Waals surface area contributed by atoms with Crippen LogP contribution in [0.4, 0.5) is 4.39 Å². The number of nitrogens with zero attached hydrogens (tertiary/aromatic N) is 1. The Hall–Kier alpha value is -0.930. The molecule has 0 heterocycles. The van der Waals surface area contributed by atoms with Gasteiger partial charge in [0.1, 0.15) is 5.82 Å². The van der Waals surface area contributed by atoms with Gasteiger partial charge in [-0.2, -0.15) is 0 Å². The monoisotopic (exact) mass is 280 g/mol. The van der Waals surface area contributed by atoms with Crippen molar-refractivity contribution in [3.63, 3.8) is 0 Å². The van der Waals surface area contributed by atoms with Crippen LogP contribution in [0.2, 0.25) is 0 Å². The molecular weight excluding hydrogens is 251 g/mol. The highest BCUT2D eigenvalue weighted by atomic mass is 19.1. The average molecular weight is 280 g/mol. The molecule has 0 saturated heterocycles. The van der Waals surface area contributed by atoms with Crippen molar-refractivity contribution in [1.82, 2.24) is 10.2 Å². The molecule has 1 unspecified atom stereocenters. The lowest BCUT2D eigenvalue weighted by molar-refractivity contribution is 0.276. The minimum absolute atomic E-state index is 0.152. The lowest BCUT2D eigenvalue weighted by atomic mass is 10.0. The van der Waals surface area contributed by atoms with E-state index in [-0.39, 0.29) is 11.9 Å². The quantitative estimate of drug-likeness (QED) is 0.739. The van der Waals surface area contributed by atoms with Crippen LogP contribution >= 0.6 is 0 Å². The average Bonchev–Trinajstić information content (AvgIpc) is 2.38. The van der Waals surface area contributed by atoms with Crippen molar-refractivity contribution >= 4 is 0 Å². The standard InChI is InChI=1S/C17H29FN2/c1-5-10-19-17(9-11-20(4)13-14(2)3)15-7-6-8-16(18)12-15/h6-8,12,14,17,19H,5,9-11,13H2,1-4H3. The summed E-state index contributed by atoms with van der Waals surface area (Å²) in [7, 11) is 2.16. The molecule has 0 saturated carbocycles. The van der Waals surface area contributed by atoms with Crippen molar-refractivity contribution in [2.24, 2.45) is 5.92 Å². The van der Waals surface area contributed by atoms with E-state index in [0.717, 1.165) is 38.0 Å². The molecule has 20 heavy (non-hydrogen) atoms. The zero-order valence-corrected chi connectivity index (χ0v) is 13.3. The van der Waals surface area contributed by atoms with Gasteiger partial charge in [0.05, 0.1) is 0 Å². The summed E-state index contributed by atoms with van der Waals surface area (Å²) in [5.41, 5.74) is 1.05. The van der Waals surface area contributed by atoms with Gasteiger partial charge in [0, 0.05) is 12.6 Å². The first-order valence-electron chi connectivity index (χ1n) is 7.70. The smallest absolute Gasteiger partial charge is 0.123 e. The topological polar surface area (TPSA) is 15.3 Å². The molecule has 0 aliphatic heterocycles. The second-order valence-electron chi connectivity index (χ2n) is 6.01. The Labute approximate surface area is 123 Å². The van der Waals surface area contributed by atoms with Gasteiger partial charge >= 0.3 is 0 Å². The molecule has 114 valence electrons. The molecule has 0 radical (unpaired) electrons. The molecule has 1 aromatic rings. The third kappa shape index (κ3) is 6.49. The number of hydrogen-bond donors (Lipinski definition) is 1. The lowest BCUT2D eigenvalue weighted by Gasteiger charge is -2.24. The van der Waals surface area contributed by atoms with Crippen LogP contribution in [-0.4, -0.2) is 31.6 Å². The summed E-state index contributed by atoms with van der Waals surface area (Å²) in [6.45, 7) is 9.71. The fraction of sp³-hybridized carbons (Fsp3) is 0.647. The second kappa shape index (κ2) is 9.09. The largest absolute Gasteiger partial charge is 0.310 e. The fourth-order valence-corrected chi connectivity index (χ4v) is 2.49. The molecule has 0 bridgehead atoms. The van der Waals surface area contributed by atoms with E-state index in [1.165, 1.54) is 6.07 Å². The first kappa shape index (κ1) is 17.1. The highest BCUT2D eigenvalue weighted by molar-refractivity contribution is 5.20.